The molecular weight excluding hydrogens is 839 g/mol. The average molecular weight is 892 g/mol. The standard InChI is InChI=1S/4C11H14O3.Sn/c4*1-7(2)6-8-4-3-5-9(10(8)12)11(13)14;/h4*3-5,7,12H,6H2,1-2H3,(H,13,14);/q;;;;+4/p-4. The van der Waals surface area contributed by atoms with Crippen molar-refractivity contribution in [3.8, 4) is 23.0 Å². The molecule has 0 aliphatic rings. The van der Waals surface area contributed by atoms with Gasteiger partial charge in [-0.1, -0.05) is 149 Å². The molecule has 0 aliphatic carbocycles. The van der Waals surface area contributed by atoms with Gasteiger partial charge in [-0.3, -0.25) is 0 Å². The Labute approximate surface area is 351 Å². The van der Waals surface area contributed by atoms with Crippen LogP contribution in [0.4, 0.5) is 0 Å². The monoisotopic (exact) mass is 892 g/mol. The maximum Gasteiger partial charge on any atom is 4.00 e. The summed E-state index contributed by atoms with van der Waals surface area (Å²) >= 11 is 0. The quantitative estimate of drug-likeness (QED) is 0.116. The van der Waals surface area contributed by atoms with Crippen molar-refractivity contribution in [1.82, 2.24) is 0 Å². The zero-order valence-corrected chi connectivity index (χ0v) is 36.5. The van der Waals surface area contributed by atoms with Gasteiger partial charge in [0.1, 0.15) is 0 Å². The molecule has 0 heterocycles. The zero-order chi connectivity index (χ0) is 42.9. The second-order valence-electron chi connectivity index (χ2n) is 14.8. The van der Waals surface area contributed by atoms with E-state index in [0.717, 1.165) is 0 Å². The number of carboxylic acid groups (broad SMARTS) is 4. The summed E-state index contributed by atoms with van der Waals surface area (Å²) in [4.78, 5) is 42.6. The fourth-order valence-corrected chi connectivity index (χ4v) is 5.42. The number of benzene rings is 4. The summed E-state index contributed by atoms with van der Waals surface area (Å²) < 4.78 is 0. The third-order valence-corrected chi connectivity index (χ3v) is 7.82. The van der Waals surface area contributed by atoms with E-state index in [2.05, 4.69) is 0 Å². The van der Waals surface area contributed by atoms with Crippen LogP contribution in [-0.2, 0) is 25.7 Å². The average Bonchev–Trinajstić information content (AvgIpc) is 3.08. The first-order valence-electron chi connectivity index (χ1n) is 18.2. The van der Waals surface area contributed by atoms with Gasteiger partial charge in [0.2, 0.25) is 0 Å². The molecule has 4 aromatic carbocycles. The molecule has 13 heteroatoms. The predicted octanol–water partition coefficient (Wildman–Crippen LogP) is 6.25. The van der Waals surface area contributed by atoms with Gasteiger partial charge in [0.05, 0.1) is 22.3 Å². The van der Waals surface area contributed by atoms with E-state index in [1.54, 1.807) is 48.5 Å². The fraction of sp³-hybridized carbons (Fsp3) is 0.364. The van der Waals surface area contributed by atoms with Gasteiger partial charge < -0.3 is 40.9 Å². The minimum atomic E-state index is -1.15. The smallest absolute Gasteiger partial charge is 0.872 e. The number of hydrogen-bond donors (Lipinski definition) is 4. The molecule has 0 saturated heterocycles. The molecule has 4 aromatic rings. The van der Waals surface area contributed by atoms with E-state index in [1.165, 1.54) is 24.3 Å². The first-order valence-corrected chi connectivity index (χ1v) is 18.2. The molecule has 0 saturated carbocycles. The SMILES string of the molecule is CC(C)Cc1cccc(C(=O)O)c1[O-].CC(C)Cc1cccc(C(=O)O)c1[O-].CC(C)Cc1cccc(C(=O)O)c1[O-].CC(C)Cc1cccc(C(=O)O)c1[O-].[Sn+4]. The summed E-state index contributed by atoms with van der Waals surface area (Å²) in [6.07, 6.45) is 2.50. The first kappa shape index (κ1) is 51.8. The Morgan fingerprint density at radius 1 is 0.386 bits per heavy atom. The predicted molar refractivity (Wildman–Crippen MR) is 211 cm³/mol. The van der Waals surface area contributed by atoms with E-state index in [1.807, 2.05) is 55.4 Å². The largest absolute Gasteiger partial charge is 4.00 e. The van der Waals surface area contributed by atoms with E-state index in [9.17, 15) is 39.6 Å². The molecule has 57 heavy (non-hydrogen) atoms. The van der Waals surface area contributed by atoms with Gasteiger partial charge in [0, 0.05) is 0 Å². The van der Waals surface area contributed by atoms with Crippen LogP contribution >= 0.6 is 0 Å². The summed E-state index contributed by atoms with van der Waals surface area (Å²) in [6.45, 7) is 15.9. The second-order valence-corrected chi connectivity index (χ2v) is 14.8. The van der Waals surface area contributed by atoms with Crippen LogP contribution in [0.1, 0.15) is 119 Å². The van der Waals surface area contributed by atoms with Crippen molar-refractivity contribution in [2.75, 3.05) is 0 Å². The molecule has 4 rings (SSSR count). The van der Waals surface area contributed by atoms with Crippen molar-refractivity contribution < 1.29 is 60.0 Å². The number of aromatic carboxylic acids is 4. The molecule has 12 nitrogen and oxygen atoms in total. The Kier molecular flexibility index (Phi) is 22.8. The third-order valence-electron chi connectivity index (χ3n) is 7.82. The molecule has 4 N–H and O–H groups in total. The van der Waals surface area contributed by atoms with Crippen LogP contribution in [-0.4, -0.2) is 68.2 Å². The zero-order valence-electron chi connectivity index (χ0n) is 33.6. The van der Waals surface area contributed by atoms with Crippen LogP contribution in [0.3, 0.4) is 0 Å². The third kappa shape index (κ3) is 17.6. The van der Waals surface area contributed by atoms with Crippen LogP contribution in [0.5, 0.6) is 23.0 Å². The summed E-state index contributed by atoms with van der Waals surface area (Å²) in [5.41, 5.74) is 1.79. The first-order chi connectivity index (χ1) is 26.1. The topological polar surface area (TPSA) is 241 Å². The molecule has 0 bridgehead atoms. The number of carbonyl (C=O) groups is 4. The number of rotatable bonds is 12. The van der Waals surface area contributed by atoms with Gasteiger partial charge in [-0.2, -0.15) is 0 Å². The molecule has 0 fully saturated rings. The second kappa shape index (κ2) is 25.1. The Morgan fingerprint density at radius 2 is 0.544 bits per heavy atom. The molecular formula is C44H52O12Sn. The van der Waals surface area contributed by atoms with Crippen molar-refractivity contribution >= 4 is 47.8 Å². The Balaban J connectivity index is 0.000000729. The molecule has 0 unspecified atom stereocenters. The Bertz CT molecular complexity index is 1650. The van der Waals surface area contributed by atoms with Crippen LogP contribution in [0.2, 0.25) is 0 Å². The summed E-state index contributed by atoms with van der Waals surface area (Å²) in [6, 6.07) is 18.6. The minimum Gasteiger partial charge on any atom is -0.872 e. The maximum absolute atomic E-state index is 11.6. The van der Waals surface area contributed by atoms with Crippen molar-refractivity contribution in [3.63, 3.8) is 0 Å². The van der Waals surface area contributed by atoms with Crippen LogP contribution in [0.15, 0.2) is 72.8 Å². The summed E-state index contributed by atoms with van der Waals surface area (Å²) in [5, 5.41) is 81.2. The number of hydrogen-bond acceptors (Lipinski definition) is 8. The van der Waals surface area contributed by atoms with Gasteiger partial charge in [-0.05, 0) is 73.6 Å². The molecule has 0 atom stereocenters. The van der Waals surface area contributed by atoms with Crippen LogP contribution in [0, 0.1) is 23.7 Å². The van der Waals surface area contributed by atoms with E-state index >= 15 is 0 Å². The molecule has 0 spiro atoms. The van der Waals surface area contributed by atoms with Crippen LogP contribution in [0.25, 0.3) is 0 Å². The van der Waals surface area contributed by atoms with Gasteiger partial charge >= 0.3 is 47.8 Å². The van der Waals surface area contributed by atoms with Gasteiger partial charge in [-0.25, -0.2) is 19.2 Å². The summed E-state index contributed by atoms with van der Waals surface area (Å²) in [5.74, 6) is -4.61. The Morgan fingerprint density at radius 3 is 0.667 bits per heavy atom. The van der Waals surface area contributed by atoms with Gasteiger partial charge in [0.25, 0.3) is 0 Å². The molecule has 0 radical (unpaired) electrons. The fourth-order valence-electron chi connectivity index (χ4n) is 5.42. The van der Waals surface area contributed by atoms with Crippen LogP contribution < -0.4 is 20.4 Å². The van der Waals surface area contributed by atoms with Crippen molar-refractivity contribution in [2.45, 2.75) is 81.1 Å². The summed E-state index contributed by atoms with van der Waals surface area (Å²) in [7, 11) is 0. The van der Waals surface area contributed by atoms with E-state index < -0.39 is 23.9 Å². The Hall–Kier alpha value is -5.24. The van der Waals surface area contributed by atoms with Gasteiger partial charge in [-0.15, -0.1) is 0 Å². The minimum absolute atomic E-state index is 0. The number of para-hydroxylation sites is 4. The maximum atomic E-state index is 11.6. The van der Waals surface area contributed by atoms with Crippen molar-refractivity contribution in [2.24, 2.45) is 23.7 Å². The molecule has 0 aromatic heterocycles. The number of carboxylic acids is 4. The van der Waals surface area contributed by atoms with E-state index in [-0.39, 0.29) is 69.2 Å². The van der Waals surface area contributed by atoms with E-state index in [4.69, 9.17) is 20.4 Å². The molecule has 0 amide bonds. The van der Waals surface area contributed by atoms with Crippen molar-refractivity contribution in [1.29, 1.82) is 0 Å². The van der Waals surface area contributed by atoms with E-state index in [0.29, 0.717) is 71.6 Å². The normalized spacial score (nSPS) is 10.3. The van der Waals surface area contributed by atoms with Gasteiger partial charge in [0.15, 0.2) is 0 Å². The molecule has 0 aliphatic heterocycles. The van der Waals surface area contributed by atoms with Crippen molar-refractivity contribution in [3.05, 3.63) is 117 Å². The molecule has 304 valence electrons.